The quantitative estimate of drug-likeness (QED) is 0.764. The van der Waals surface area contributed by atoms with Crippen LogP contribution in [-0.2, 0) is 11.2 Å². The molecule has 0 fully saturated rings. The van der Waals surface area contributed by atoms with Crippen LogP contribution in [0.25, 0.3) is 0 Å². The number of benzene rings is 1. The predicted octanol–water partition coefficient (Wildman–Crippen LogP) is 2.82. The molecule has 1 aliphatic heterocycles. The summed E-state index contributed by atoms with van der Waals surface area (Å²) in [7, 11) is 1.31. The highest BCUT2D eigenvalue weighted by Crippen LogP contribution is 2.38. The van der Waals surface area contributed by atoms with Gasteiger partial charge in [0.1, 0.15) is 18.9 Å². The van der Waals surface area contributed by atoms with Gasteiger partial charge in [0.2, 0.25) is 0 Å². The summed E-state index contributed by atoms with van der Waals surface area (Å²) < 4.78 is 15.8. The molecule has 2 heterocycles. The van der Waals surface area contributed by atoms with Gasteiger partial charge in [-0.25, -0.2) is 4.79 Å². The van der Waals surface area contributed by atoms with E-state index in [1.807, 2.05) is 6.07 Å². The van der Waals surface area contributed by atoms with Crippen LogP contribution in [0, 0.1) is 13.8 Å². The highest BCUT2D eigenvalue weighted by atomic mass is 35.5. The molecule has 144 valence electrons. The molecule has 0 unspecified atom stereocenters. The zero-order valence-electron chi connectivity index (χ0n) is 15.4. The summed E-state index contributed by atoms with van der Waals surface area (Å²) in [6.45, 7) is 4.81. The van der Waals surface area contributed by atoms with Crippen molar-refractivity contribution in [2.75, 3.05) is 26.9 Å². The summed E-state index contributed by atoms with van der Waals surface area (Å²) in [6.07, 6.45) is 0.574. The number of ether oxygens (including phenoxy) is 3. The fourth-order valence-electron chi connectivity index (χ4n) is 3.10. The number of nitrogens with one attached hydrogen (secondary N) is 2. The maximum Gasteiger partial charge on any atom is 0.339 e. The Labute approximate surface area is 161 Å². The Hall–Kier alpha value is -2.67. The average molecular weight is 393 g/mol. The standard InChI is InChI=1S/C19H21ClN2O5/c1-10-15(19(24)25-3)11(2)22-16(10)18(23)21-5-4-12-8-13(20)17-14(9-12)26-6-7-27-17/h8-9,22H,4-7H2,1-3H3,(H,21,23). The fourth-order valence-corrected chi connectivity index (χ4v) is 3.39. The lowest BCUT2D eigenvalue weighted by Crippen LogP contribution is -2.26. The molecule has 2 N–H and O–H groups in total. The van der Waals surface area contributed by atoms with Gasteiger partial charge in [-0.15, -0.1) is 0 Å². The summed E-state index contributed by atoms with van der Waals surface area (Å²) in [5.41, 5.74) is 2.84. The van der Waals surface area contributed by atoms with Crippen molar-refractivity contribution in [3.8, 4) is 11.5 Å². The lowest BCUT2D eigenvalue weighted by molar-refractivity contribution is 0.0599. The number of carbonyl (C=O) groups is 2. The van der Waals surface area contributed by atoms with Gasteiger partial charge in [-0.05, 0) is 43.5 Å². The molecule has 1 aromatic heterocycles. The van der Waals surface area contributed by atoms with Crippen molar-refractivity contribution < 1.29 is 23.8 Å². The van der Waals surface area contributed by atoms with Gasteiger partial charge < -0.3 is 24.5 Å². The Kier molecular flexibility index (Phi) is 5.60. The maximum absolute atomic E-state index is 12.5. The van der Waals surface area contributed by atoms with Gasteiger partial charge in [0.05, 0.1) is 17.7 Å². The lowest BCUT2D eigenvalue weighted by Gasteiger charge is -2.20. The molecule has 0 saturated heterocycles. The number of hydrogen-bond acceptors (Lipinski definition) is 5. The van der Waals surface area contributed by atoms with Crippen LogP contribution >= 0.6 is 11.6 Å². The number of carbonyl (C=O) groups excluding carboxylic acids is 2. The van der Waals surface area contributed by atoms with Crippen LogP contribution in [0.5, 0.6) is 11.5 Å². The van der Waals surface area contributed by atoms with E-state index in [0.717, 1.165) is 5.56 Å². The van der Waals surface area contributed by atoms with E-state index in [1.165, 1.54) is 7.11 Å². The average Bonchev–Trinajstić information content (AvgIpc) is 2.95. The zero-order chi connectivity index (χ0) is 19.6. The van der Waals surface area contributed by atoms with E-state index in [-0.39, 0.29) is 5.91 Å². The monoisotopic (exact) mass is 392 g/mol. The van der Waals surface area contributed by atoms with Crippen LogP contribution in [0.15, 0.2) is 12.1 Å². The van der Waals surface area contributed by atoms with E-state index < -0.39 is 5.97 Å². The molecule has 0 spiro atoms. The molecule has 0 aliphatic carbocycles. The van der Waals surface area contributed by atoms with E-state index in [1.54, 1.807) is 19.9 Å². The summed E-state index contributed by atoms with van der Waals surface area (Å²) >= 11 is 6.23. The summed E-state index contributed by atoms with van der Waals surface area (Å²) in [5, 5.41) is 3.34. The van der Waals surface area contributed by atoms with Crippen LogP contribution < -0.4 is 14.8 Å². The molecule has 0 atom stereocenters. The third kappa shape index (κ3) is 3.88. The van der Waals surface area contributed by atoms with E-state index in [2.05, 4.69) is 10.3 Å². The number of hydrogen-bond donors (Lipinski definition) is 2. The minimum Gasteiger partial charge on any atom is -0.486 e. The van der Waals surface area contributed by atoms with Crippen LogP contribution in [-0.4, -0.2) is 43.7 Å². The number of aromatic nitrogens is 1. The molecule has 2 aromatic rings. The van der Waals surface area contributed by atoms with Crippen molar-refractivity contribution >= 4 is 23.5 Å². The summed E-state index contributed by atoms with van der Waals surface area (Å²) in [4.78, 5) is 27.3. The second kappa shape index (κ2) is 7.92. The van der Waals surface area contributed by atoms with E-state index in [0.29, 0.717) is 65.2 Å². The first-order valence-electron chi connectivity index (χ1n) is 8.56. The Balaban J connectivity index is 1.65. The topological polar surface area (TPSA) is 89.7 Å². The smallest absolute Gasteiger partial charge is 0.339 e. The lowest BCUT2D eigenvalue weighted by atomic mass is 10.1. The molecule has 7 nitrogen and oxygen atoms in total. The molecule has 0 saturated carbocycles. The van der Waals surface area contributed by atoms with Gasteiger partial charge >= 0.3 is 5.97 Å². The molecule has 1 aliphatic rings. The minimum atomic E-state index is -0.466. The van der Waals surface area contributed by atoms with Crippen LogP contribution in [0.3, 0.4) is 0 Å². The van der Waals surface area contributed by atoms with Crippen molar-refractivity contribution in [3.63, 3.8) is 0 Å². The largest absolute Gasteiger partial charge is 0.486 e. The molecule has 3 rings (SSSR count). The van der Waals surface area contributed by atoms with Crippen molar-refractivity contribution in [1.82, 2.24) is 10.3 Å². The normalized spacial score (nSPS) is 12.6. The van der Waals surface area contributed by atoms with Gasteiger partial charge in [-0.2, -0.15) is 0 Å². The molecule has 0 radical (unpaired) electrons. The van der Waals surface area contributed by atoms with E-state index in [4.69, 9.17) is 25.8 Å². The fraction of sp³-hybridized carbons (Fsp3) is 0.368. The number of aromatic amines is 1. The molecule has 0 bridgehead atoms. The van der Waals surface area contributed by atoms with Gasteiger partial charge in [0.15, 0.2) is 11.5 Å². The second-order valence-electron chi connectivity index (χ2n) is 6.22. The first kappa shape index (κ1) is 19.1. The van der Waals surface area contributed by atoms with Crippen LogP contribution in [0.2, 0.25) is 5.02 Å². The van der Waals surface area contributed by atoms with Crippen LogP contribution in [0.1, 0.15) is 37.7 Å². The molecular weight excluding hydrogens is 372 g/mol. The third-order valence-electron chi connectivity index (χ3n) is 4.41. The third-order valence-corrected chi connectivity index (χ3v) is 4.69. The van der Waals surface area contributed by atoms with Gasteiger partial charge in [0, 0.05) is 12.2 Å². The maximum atomic E-state index is 12.5. The Morgan fingerprint density at radius 1 is 1.26 bits per heavy atom. The Morgan fingerprint density at radius 3 is 2.74 bits per heavy atom. The molecular formula is C19H21ClN2O5. The van der Waals surface area contributed by atoms with Gasteiger partial charge in [0.25, 0.3) is 5.91 Å². The van der Waals surface area contributed by atoms with Crippen molar-refractivity contribution in [1.29, 1.82) is 0 Å². The molecule has 1 amide bonds. The zero-order valence-corrected chi connectivity index (χ0v) is 16.2. The van der Waals surface area contributed by atoms with Crippen LogP contribution in [0.4, 0.5) is 0 Å². The molecule has 1 aromatic carbocycles. The first-order chi connectivity index (χ1) is 12.9. The Morgan fingerprint density at radius 2 is 2.00 bits per heavy atom. The number of fused-ring (bicyclic) bond motifs is 1. The highest BCUT2D eigenvalue weighted by Gasteiger charge is 2.22. The number of halogens is 1. The number of aryl methyl sites for hydroxylation is 1. The summed E-state index contributed by atoms with van der Waals surface area (Å²) in [6, 6.07) is 3.67. The van der Waals surface area contributed by atoms with Gasteiger partial charge in [-0.1, -0.05) is 11.6 Å². The predicted molar refractivity (Wildman–Crippen MR) is 100 cm³/mol. The number of H-pyrrole nitrogens is 1. The van der Waals surface area contributed by atoms with Gasteiger partial charge in [-0.3, -0.25) is 4.79 Å². The number of rotatable bonds is 5. The van der Waals surface area contributed by atoms with Crippen molar-refractivity contribution in [2.24, 2.45) is 0 Å². The summed E-state index contributed by atoms with van der Waals surface area (Å²) in [5.74, 6) is 0.428. The first-order valence-corrected chi connectivity index (χ1v) is 8.93. The number of esters is 1. The Bertz CT molecular complexity index is 891. The van der Waals surface area contributed by atoms with E-state index >= 15 is 0 Å². The second-order valence-corrected chi connectivity index (χ2v) is 6.63. The number of amides is 1. The van der Waals surface area contributed by atoms with Crippen molar-refractivity contribution in [2.45, 2.75) is 20.3 Å². The van der Waals surface area contributed by atoms with E-state index in [9.17, 15) is 9.59 Å². The molecule has 27 heavy (non-hydrogen) atoms. The highest BCUT2D eigenvalue weighted by molar-refractivity contribution is 6.32. The molecule has 8 heteroatoms. The SMILES string of the molecule is COC(=O)c1c(C)[nH]c(C(=O)NCCc2cc(Cl)c3c(c2)OCCO3)c1C. The van der Waals surface area contributed by atoms with Crippen molar-refractivity contribution in [3.05, 3.63) is 45.2 Å². The number of methoxy groups -OCH3 is 1. The minimum absolute atomic E-state index is 0.283.